The molecule has 6 nitrogen and oxygen atoms in total. The number of ketones is 1. The molecule has 0 aromatic carbocycles. The molecule has 0 aliphatic rings. The highest BCUT2D eigenvalue weighted by molar-refractivity contribution is 7.09. The van der Waals surface area contributed by atoms with Gasteiger partial charge in [-0.05, 0) is 32.1 Å². The number of carbonyl (C=O) groups is 2. The molecule has 21 heavy (non-hydrogen) atoms. The molecule has 0 radical (unpaired) electrons. The van der Waals surface area contributed by atoms with Crippen molar-refractivity contribution in [1.82, 2.24) is 9.36 Å². The van der Waals surface area contributed by atoms with Crippen LogP contribution >= 0.6 is 11.5 Å². The zero-order valence-corrected chi connectivity index (χ0v) is 12.8. The standard InChI is InChI=1S/C14H15N3O3S/c1-9(18)8-12-15-14(21-16-12)17(3)13(19)7-6-11-5-4-10(2)20-11/h4-7H,8H2,1-3H3. The molecule has 7 heteroatoms. The molecule has 0 fully saturated rings. The Morgan fingerprint density at radius 2 is 2.19 bits per heavy atom. The van der Waals surface area contributed by atoms with Crippen molar-refractivity contribution in [2.24, 2.45) is 0 Å². The zero-order valence-electron chi connectivity index (χ0n) is 12.0. The Labute approximate surface area is 126 Å². The Kier molecular flexibility index (Phi) is 4.64. The Bertz CT molecular complexity index is 687. The van der Waals surface area contributed by atoms with Crippen LogP contribution in [0.2, 0.25) is 0 Å². The van der Waals surface area contributed by atoms with Crippen molar-refractivity contribution < 1.29 is 14.0 Å². The first kappa shape index (κ1) is 15.1. The van der Waals surface area contributed by atoms with Crippen LogP contribution in [0.5, 0.6) is 0 Å². The van der Waals surface area contributed by atoms with Crippen LogP contribution in [-0.2, 0) is 16.0 Å². The molecular weight excluding hydrogens is 290 g/mol. The van der Waals surface area contributed by atoms with Crippen LogP contribution in [0.15, 0.2) is 22.6 Å². The summed E-state index contributed by atoms with van der Waals surface area (Å²) in [6.07, 6.45) is 3.19. The van der Waals surface area contributed by atoms with E-state index >= 15 is 0 Å². The molecule has 110 valence electrons. The molecule has 0 unspecified atom stereocenters. The summed E-state index contributed by atoms with van der Waals surface area (Å²) >= 11 is 1.09. The fourth-order valence-electron chi connectivity index (χ4n) is 1.58. The molecule has 0 saturated heterocycles. The number of amides is 1. The van der Waals surface area contributed by atoms with Gasteiger partial charge in [0.15, 0.2) is 5.82 Å². The van der Waals surface area contributed by atoms with Crippen LogP contribution in [0.25, 0.3) is 6.08 Å². The number of anilines is 1. The number of Topliss-reactive ketones (excluding diaryl/α,β-unsaturated/α-hetero) is 1. The van der Waals surface area contributed by atoms with Crippen molar-refractivity contribution in [2.45, 2.75) is 20.3 Å². The minimum Gasteiger partial charge on any atom is -0.462 e. The second-order valence-electron chi connectivity index (χ2n) is 4.55. The summed E-state index contributed by atoms with van der Waals surface area (Å²) < 4.78 is 9.40. The van der Waals surface area contributed by atoms with E-state index in [-0.39, 0.29) is 18.1 Å². The van der Waals surface area contributed by atoms with E-state index in [1.807, 2.05) is 13.0 Å². The fraction of sp³-hybridized carbons (Fsp3) is 0.286. The Morgan fingerprint density at radius 1 is 1.43 bits per heavy atom. The van der Waals surface area contributed by atoms with Gasteiger partial charge < -0.3 is 4.42 Å². The Morgan fingerprint density at radius 3 is 2.81 bits per heavy atom. The zero-order chi connectivity index (χ0) is 15.4. The minimum absolute atomic E-state index is 0.0126. The van der Waals surface area contributed by atoms with E-state index in [4.69, 9.17) is 4.42 Å². The third kappa shape index (κ3) is 4.09. The molecule has 2 rings (SSSR count). The van der Waals surface area contributed by atoms with Gasteiger partial charge in [0.05, 0.1) is 6.42 Å². The predicted octanol–water partition coefficient (Wildman–Crippen LogP) is 2.25. The number of aromatic nitrogens is 2. The number of nitrogens with zero attached hydrogens (tertiary/aromatic N) is 3. The van der Waals surface area contributed by atoms with Gasteiger partial charge in [-0.1, -0.05) is 0 Å². The van der Waals surface area contributed by atoms with Crippen LogP contribution in [-0.4, -0.2) is 28.1 Å². The summed E-state index contributed by atoms with van der Waals surface area (Å²) in [6.45, 7) is 3.31. The summed E-state index contributed by atoms with van der Waals surface area (Å²) in [6, 6.07) is 3.61. The average Bonchev–Trinajstić information content (AvgIpc) is 3.03. The van der Waals surface area contributed by atoms with Crippen molar-refractivity contribution in [3.05, 3.63) is 35.6 Å². The smallest absolute Gasteiger partial charge is 0.252 e. The molecule has 1 amide bonds. The second-order valence-corrected chi connectivity index (χ2v) is 5.28. The van der Waals surface area contributed by atoms with E-state index in [0.717, 1.165) is 17.3 Å². The molecule has 2 aromatic heterocycles. The molecule has 2 aromatic rings. The lowest BCUT2D eigenvalue weighted by molar-refractivity contribution is -0.116. The topological polar surface area (TPSA) is 76.3 Å². The van der Waals surface area contributed by atoms with E-state index in [1.54, 1.807) is 19.2 Å². The van der Waals surface area contributed by atoms with Crippen LogP contribution in [0.4, 0.5) is 5.13 Å². The molecule has 0 spiro atoms. The van der Waals surface area contributed by atoms with Crippen molar-refractivity contribution >= 4 is 34.4 Å². The van der Waals surface area contributed by atoms with E-state index in [2.05, 4.69) is 9.36 Å². The van der Waals surface area contributed by atoms with Crippen LogP contribution < -0.4 is 4.90 Å². The molecule has 0 aliphatic carbocycles. The number of carbonyl (C=O) groups excluding carboxylic acids is 2. The molecule has 0 aliphatic heterocycles. The summed E-state index contributed by atoms with van der Waals surface area (Å²) in [7, 11) is 1.61. The SMILES string of the molecule is CC(=O)Cc1nsc(N(C)C(=O)C=Cc2ccc(C)o2)n1. The number of hydrogen-bond acceptors (Lipinski definition) is 6. The average molecular weight is 305 g/mol. The van der Waals surface area contributed by atoms with E-state index in [9.17, 15) is 9.59 Å². The Balaban J connectivity index is 2.03. The largest absolute Gasteiger partial charge is 0.462 e. The van der Waals surface area contributed by atoms with Gasteiger partial charge in [0.1, 0.15) is 17.3 Å². The third-order valence-electron chi connectivity index (χ3n) is 2.63. The third-order valence-corrected chi connectivity index (χ3v) is 3.46. The maximum absolute atomic E-state index is 12.0. The summed E-state index contributed by atoms with van der Waals surface area (Å²) in [5.41, 5.74) is 0. The number of likely N-dealkylation sites (N-methyl/N-ethyl adjacent to an activating group) is 1. The number of hydrogen-bond donors (Lipinski definition) is 0. The van der Waals surface area contributed by atoms with E-state index in [1.165, 1.54) is 17.9 Å². The normalized spacial score (nSPS) is 11.0. The fourth-order valence-corrected chi connectivity index (χ4v) is 2.23. The van der Waals surface area contributed by atoms with Gasteiger partial charge in [-0.15, -0.1) is 0 Å². The van der Waals surface area contributed by atoms with Gasteiger partial charge in [-0.3, -0.25) is 14.5 Å². The number of aryl methyl sites for hydroxylation is 1. The van der Waals surface area contributed by atoms with E-state index in [0.29, 0.717) is 16.7 Å². The molecule has 0 bridgehead atoms. The lowest BCUT2D eigenvalue weighted by Gasteiger charge is -2.09. The summed E-state index contributed by atoms with van der Waals surface area (Å²) in [5, 5.41) is 0.455. The highest BCUT2D eigenvalue weighted by Gasteiger charge is 2.14. The van der Waals surface area contributed by atoms with Crippen LogP contribution in [0.3, 0.4) is 0 Å². The quantitative estimate of drug-likeness (QED) is 0.792. The number of furan rings is 1. The summed E-state index contributed by atoms with van der Waals surface area (Å²) in [4.78, 5) is 28.6. The first-order valence-corrected chi connectivity index (χ1v) is 7.07. The molecule has 0 atom stereocenters. The van der Waals surface area contributed by atoms with Gasteiger partial charge >= 0.3 is 0 Å². The van der Waals surface area contributed by atoms with Gasteiger partial charge in [-0.25, -0.2) is 4.98 Å². The summed E-state index contributed by atoms with van der Waals surface area (Å²) in [5.74, 6) is 1.58. The highest BCUT2D eigenvalue weighted by Crippen LogP contribution is 2.17. The van der Waals surface area contributed by atoms with Gasteiger partial charge in [0.25, 0.3) is 5.91 Å². The van der Waals surface area contributed by atoms with Gasteiger partial charge in [0.2, 0.25) is 5.13 Å². The van der Waals surface area contributed by atoms with Crippen LogP contribution in [0.1, 0.15) is 24.3 Å². The van der Waals surface area contributed by atoms with Crippen molar-refractivity contribution in [3.8, 4) is 0 Å². The van der Waals surface area contributed by atoms with E-state index < -0.39 is 0 Å². The second kappa shape index (κ2) is 6.45. The lowest BCUT2D eigenvalue weighted by atomic mass is 10.3. The van der Waals surface area contributed by atoms with Gasteiger partial charge in [0, 0.05) is 24.7 Å². The van der Waals surface area contributed by atoms with Crippen molar-refractivity contribution in [1.29, 1.82) is 0 Å². The van der Waals surface area contributed by atoms with Crippen molar-refractivity contribution in [2.75, 3.05) is 11.9 Å². The van der Waals surface area contributed by atoms with Gasteiger partial charge in [-0.2, -0.15) is 4.37 Å². The molecular formula is C14H15N3O3S. The maximum atomic E-state index is 12.0. The molecule has 2 heterocycles. The van der Waals surface area contributed by atoms with Crippen LogP contribution in [0, 0.1) is 6.92 Å². The molecule has 0 saturated carbocycles. The minimum atomic E-state index is -0.241. The molecule has 0 N–H and O–H groups in total. The first-order chi connectivity index (χ1) is 9.95. The Hall–Kier alpha value is -2.28. The lowest BCUT2D eigenvalue weighted by Crippen LogP contribution is -2.23. The maximum Gasteiger partial charge on any atom is 0.252 e. The number of rotatable bonds is 5. The predicted molar refractivity (Wildman–Crippen MR) is 80.2 cm³/mol. The highest BCUT2D eigenvalue weighted by atomic mass is 32.1. The van der Waals surface area contributed by atoms with Crippen molar-refractivity contribution in [3.63, 3.8) is 0 Å². The first-order valence-electron chi connectivity index (χ1n) is 6.30. The monoisotopic (exact) mass is 305 g/mol.